The standard InChI is InChI=1S/C15H14ClF3N2O2/c1-2-23-13(22)14(20,15(17,18)19)8-10-7-6-9-4-3-5-11(16)12(9)21-10/h3-7H,2,8,20H2,1H3/t14-/m0/s1. The average Bonchev–Trinajstić information content (AvgIpc) is 2.47. The number of hydrogen-bond donors (Lipinski definition) is 1. The predicted octanol–water partition coefficient (Wildman–Crippen LogP) is 3.25. The number of pyridine rings is 1. The zero-order chi connectivity index (χ0) is 17.3. The van der Waals surface area contributed by atoms with Crippen molar-refractivity contribution in [3.8, 4) is 0 Å². The fraction of sp³-hybridized carbons (Fsp3) is 0.333. The van der Waals surface area contributed by atoms with Crippen LogP contribution in [0.2, 0.25) is 5.02 Å². The molecular formula is C15H14ClF3N2O2. The van der Waals surface area contributed by atoms with E-state index in [1.807, 2.05) is 0 Å². The highest BCUT2D eigenvalue weighted by Crippen LogP contribution is 2.33. The fourth-order valence-corrected chi connectivity index (χ4v) is 2.31. The Morgan fingerprint density at radius 1 is 1.30 bits per heavy atom. The van der Waals surface area contributed by atoms with E-state index >= 15 is 0 Å². The number of aromatic nitrogens is 1. The number of halogens is 4. The first-order chi connectivity index (χ1) is 10.7. The van der Waals surface area contributed by atoms with Crippen molar-refractivity contribution in [3.63, 3.8) is 0 Å². The van der Waals surface area contributed by atoms with Crippen LogP contribution < -0.4 is 5.73 Å². The van der Waals surface area contributed by atoms with Gasteiger partial charge in [0.25, 0.3) is 0 Å². The molecule has 124 valence electrons. The molecule has 0 saturated heterocycles. The number of esters is 1. The van der Waals surface area contributed by atoms with E-state index in [4.69, 9.17) is 17.3 Å². The third kappa shape index (κ3) is 3.40. The lowest BCUT2D eigenvalue weighted by atomic mass is 9.93. The normalized spacial score (nSPS) is 14.5. The van der Waals surface area contributed by atoms with E-state index in [1.165, 1.54) is 13.0 Å². The van der Waals surface area contributed by atoms with Crippen LogP contribution in [0.15, 0.2) is 30.3 Å². The van der Waals surface area contributed by atoms with Gasteiger partial charge in [-0.2, -0.15) is 13.2 Å². The smallest absolute Gasteiger partial charge is 0.417 e. The van der Waals surface area contributed by atoms with Crippen LogP contribution in [0.3, 0.4) is 0 Å². The van der Waals surface area contributed by atoms with Crippen LogP contribution in [-0.2, 0) is 16.0 Å². The summed E-state index contributed by atoms with van der Waals surface area (Å²) >= 11 is 5.99. The minimum absolute atomic E-state index is 0.00141. The van der Waals surface area contributed by atoms with Gasteiger partial charge >= 0.3 is 12.1 Å². The van der Waals surface area contributed by atoms with Gasteiger partial charge < -0.3 is 10.5 Å². The molecule has 0 spiro atoms. The minimum atomic E-state index is -4.98. The largest absolute Gasteiger partial charge is 0.464 e. The molecule has 4 nitrogen and oxygen atoms in total. The van der Waals surface area contributed by atoms with E-state index in [0.717, 1.165) is 0 Å². The fourth-order valence-electron chi connectivity index (χ4n) is 2.08. The number of hydrogen-bond acceptors (Lipinski definition) is 4. The summed E-state index contributed by atoms with van der Waals surface area (Å²) in [5.74, 6) is -1.53. The van der Waals surface area contributed by atoms with Gasteiger partial charge in [-0.05, 0) is 19.1 Å². The third-order valence-corrected chi connectivity index (χ3v) is 3.64. The van der Waals surface area contributed by atoms with Crippen LogP contribution in [0.4, 0.5) is 13.2 Å². The molecule has 0 saturated carbocycles. The van der Waals surface area contributed by atoms with Crippen LogP contribution in [0.1, 0.15) is 12.6 Å². The van der Waals surface area contributed by atoms with Gasteiger partial charge in [0.05, 0.1) is 17.1 Å². The van der Waals surface area contributed by atoms with E-state index < -0.39 is 24.1 Å². The summed E-state index contributed by atoms with van der Waals surface area (Å²) in [4.78, 5) is 15.8. The number of fused-ring (bicyclic) bond motifs is 1. The second-order valence-corrected chi connectivity index (χ2v) is 5.39. The van der Waals surface area contributed by atoms with E-state index in [2.05, 4.69) is 9.72 Å². The summed E-state index contributed by atoms with van der Waals surface area (Å²) in [6, 6.07) is 7.96. The molecular weight excluding hydrogens is 333 g/mol. The molecule has 0 bridgehead atoms. The van der Waals surface area contributed by atoms with Gasteiger partial charge in [-0.15, -0.1) is 0 Å². The molecule has 1 aromatic carbocycles. The SMILES string of the molecule is CCOC(=O)[C@@](N)(Cc1ccc2cccc(Cl)c2n1)C(F)(F)F. The first-order valence-electron chi connectivity index (χ1n) is 6.76. The molecule has 0 amide bonds. The highest BCUT2D eigenvalue weighted by atomic mass is 35.5. The Labute approximate surface area is 135 Å². The van der Waals surface area contributed by atoms with Gasteiger partial charge in [-0.25, -0.2) is 4.79 Å². The topological polar surface area (TPSA) is 65.2 Å². The molecule has 1 aromatic heterocycles. The van der Waals surface area contributed by atoms with Gasteiger partial charge in [0.1, 0.15) is 0 Å². The van der Waals surface area contributed by atoms with E-state index in [-0.39, 0.29) is 12.3 Å². The molecule has 0 unspecified atom stereocenters. The van der Waals surface area contributed by atoms with E-state index in [9.17, 15) is 18.0 Å². The number of rotatable bonds is 4. The summed E-state index contributed by atoms with van der Waals surface area (Å²) in [7, 11) is 0. The predicted molar refractivity (Wildman–Crippen MR) is 80.1 cm³/mol. The number of carbonyl (C=O) groups is 1. The number of ether oxygens (including phenoxy) is 1. The molecule has 0 aliphatic heterocycles. The highest BCUT2D eigenvalue weighted by Gasteiger charge is 2.59. The monoisotopic (exact) mass is 346 g/mol. The van der Waals surface area contributed by atoms with Crippen molar-refractivity contribution in [2.45, 2.75) is 25.1 Å². The van der Waals surface area contributed by atoms with Crippen molar-refractivity contribution < 1.29 is 22.7 Å². The van der Waals surface area contributed by atoms with E-state index in [1.54, 1.807) is 24.3 Å². The molecule has 0 radical (unpaired) electrons. The molecule has 1 atom stereocenters. The molecule has 0 aliphatic carbocycles. The molecule has 23 heavy (non-hydrogen) atoms. The lowest BCUT2D eigenvalue weighted by molar-refractivity contribution is -0.205. The van der Waals surface area contributed by atoms with Gasteiger partial charge in [-0.3, -0.25) is 4.98 Å². The molecule has 2 aromatic rings. The zero-order valence-corrected chi connectivity index (χ0v) is 12.9. The Morgan fingerprint density at radius 3 is 2.61 bits per heavy atom. The Bertz CT molecular complexity index is 736. The van der Waals surface area contributed by atoms with Crippen molar-refractivity contribution in [2.24, 2.45) is 5.73 Å². The number of nitrogens with two attached hydrogens (primary N) is 1. The number of benzene rings is 1. The molecule has 0 aliphatic rings. The van der Waals surface area contributed by atoms with Gasteiger partial charge in [0.15, 0.2) is 0 Å². The summed E-state index contributed by atoms with van der Waals surface area (Å²) < 4.78 is 44.3. The lowest BCUT2D eigenvalue weighted by Gasteiger charge is -2.29. The number of para-hydroxylation sites is 1. The van der Waals surface area contributed by atoms with Gasteiger partial charge in [0, 0.05) is 17.5 Å². The highest BCUT2D eigenvalue weighted by molar-refractivity contribution is 6.35. The third-order valence-electron chi connectivity index (χ3n) is 3.33. The number of carbonyl (C=O) groups excluding carboxylic acids is 1. The summed E-state index contributed by atoms with van der Waals surface area (Å²) in [6.45, 7) is 1.20. The molecule has 2 N–H and O–H groups in total. The maximum absolute atomic E-state index is 13.3. The summed E-state index contributed by atoms with van der Waals surface area (Å²) in [5, 5.41) is 0.974. The van der Waals surface area contributed by atoms with Crippen LogP contribution in [0.5, 0.6) is 0 Å². The van der Waals surface area contributed by atoms with Crippen molar-refractivity contribution in [1.29, 1.82) is 0 Å². The zero-order valence-electron chi connectivity index (χ0n) is 12.2. The quantitative estimate of drug-likeness (QED) is 0.863. The molecule has 0 fully saturated rings. The van der Waals surface area contributed by atoms with Crippen molar-refractivity contribution in [3.05, 3.63) is 41.0 Å². The Hall–Kier alpha value is -1.86. The molecule has 2 rings (SSSR count). The Balaban J connectivity index is 2.44. The van der Waals surface area contributed by atoms with E-state index in [0.29, 0.717) is 15.9 Å². The second kappa shape index (κ2) is 6.33. The molecule has 1 heterocycles. The van der Waals surface area contributed by atoms with Crippen molar-refractivity contribution in [1.82, 2.24) is 4.98 Å². The van der Waals surface area contributed by atoms with Crippen LogP contribution in [-0.4, -0.2) is 29.3 Å². The van der Waals surface area contributed by atoms with Crippen LogP contribution in [0.25, 0.3) is 10.9 Å². The summed E-state index contributed by atoms with van der Waals surface area (Å²) in [5.41, 5.74) is 2.53. The van der Waals surface area contributed by atoms with Gasteiger partial charge in [-0.1, -0.05) is 29.8 Å². The van der Waals surface area contributed by atoms with Gasteiger partial charge in [0.2, 0.25) is 5.54 Å². The first-order valence-corrected chi connectivity index (χ1v) is 7.14. The maximum Gasteiger partial charge on any atom is 0.417 e. The Kier molecular flexibility index (Phi) is 4.81. The minimum Gasteiger partial charge on any atom is -0.464 e. The number of nitrogens with zero attached hydrogens (tertiary/aromatic N) is 1. The van der Waals surface area contributed by atoms with Crippen LogP contribution in [0, 0.1) is 0 Å². The lowest BCUT2D eigenvalue weighted by Crippen LogP contribution is -2.61. The molecule has 8 heteroatoms. The Morgan fingerprint density at radius 2 is 2.00 bits per heavy atom. The van der Waals surface area contributed by atoms with Crippen molar-refractivity contribution in [2.75, 3.05) is 6.61 Å². The first kappa shape index (κ1) is 17.5. The van der Waals surface area contributed by atoms with Crippen molar-refractivity contribution >= 4 is 28.5 Å². The average molecular weight is 347 g/mol. The number of alkyl halides is 3. The summed E-state index contributed by atoms with van der Waals surface area (Å²) in [6.07, 6.45) is -5.81. The van der Waals surface area contributed by atoms with Crippen LogP contribution >= 0.6 is 11.6 Å². The maximum atomic E-state index is 13.3. The second-order valence-electron chi connectivity index (χ2n) is 4.98.